The van der Waals surface area contributed by atoms with Crippen molar-refractivity contribution in [3.05, 3.63) is 66.4 Å². The number of para-hydroxylation sites is 2. The smallest absolute Gasteiger partial charge is 0.204 e. The van der Waals surface area contributed by atoms with Crippen LogP contribution in [-0.2, 0) is 0 Å². The summed E-state index contributed by atoms with van der Waals surface area (Å²) in [5, 5.41) is 0. The van der Waals surface area contributed by atoms with E-state index in [1.165, 1.54) is 0 Å². The van der Waals surface area contributed by atoms with E-state index in [-0.39, 0.29) is 5.92 Å². The Labute approximate surface area is 115 Å². The largest absolute Gasteiger partial charge is 0.440 e. The van der Waals surface area contributed by atoms with Gasteiger partial charge in [-0.2, -0.15) is 0 Å². The second kappa shape index (κ2) is 4.20. The number of hydrogen-bond acceptors (Lipinski definition) is 3. The van der Waals surface area contributed by atoms with Crippen LogP contribution in [0.15, 0.2) is 59.3 Å². The average molecular weight is 263 g/mol. The van der Waals surface area contributed by atoms with Crippen molar-refractivity contribution in [2.24, 2.45) is 0 Å². The molecule has 4 nitrogen and oxygen atoms in total. The highest BCUT2D eigenvalue weighted by molar-refractivity contribution is 5.72. The maximum atomic E-state index is 5.82. The molecule has 4 aromatic rings. The van der Waals surface area contributed by atoms with Gasteiger partial charge in [0.1, 0.15) is 11.2 Å². The Morgan fingerprint density at radius 3 is 2.75 bits per heavy atom. The highest BCUT2D eigenvalue weighted by Gasteiger charge is 2.18. The van der Waals surface area contributed by atoms with Gasteiger partial charge < -0.3 is 8.82 Å². The Bertz CT molecular complexity index is 751. The monoisotopic (exact) mass is 263 g/mol. The van der Waals surface area contributed by atoms with Crippen LogP contribution >= 0.6 is 0 Å². The van der Waals surface area contributed by atoms with Gasteiger partial charge >= 0.3 is 0 Å². The number of benzene rings is 1. The highest BCUT2D eigenvalue weighted by Crippen LogP contribution is 2.26. The summed E-state index contributed by atoms with van der Waals surface area (Å²) in [4.78, 5) is 9.17. The van der Waals surface area contributed by atoms with Gasteiger partial charge in [0.25, 0.3) is 0 Å². The van der Waals surface area contributed by atoms with Gasteiger partial charge in [0.05, 0.1) is 11.6 Å². The molecule has 0 saturated heterocycles. The van der Waals surface area contributed by atoms with E-state index < -0.39 is 0 Å². The van der Waals surface area contributed by atoms with Crippen LogP contribution in [0.25, 0.3) is 16.7 Å². The van der Waals surface area contributed by atoms with Gasteiger partial charge in [0, 0.05) is 12.4 Å². The first-order valence-electron chi connectivity index (χ1n) is 6.60. The van der Waals surface area contributed by atoms with E-state index in [0.717, 1.165) is 22.4 Å². The molecule has 98 valence electrons. The van der Waals surface area contributed by atoms with Gasteiger partial charge in [-0.15, -0.1) is 0 Å². The zero-order valence-electron chi connectivity index (χ0n) is 11.0. The first-order valence-corrected chi connectivity index (χ1v) is 6.60. The summed E-state index contributed by atoms with van der Waals surface area (Å²) in [7, 11) is 0. The minimum Gasteiger partial charge on any atom is -0.440 e. The Morgan fingerprint density at radius 1 is 1.05 bits per heavy atom. The summed E-state index contributed by atoms with van der Waals surface area (Å²) in [5.74, 6) is 0.733. The minimum atomic E-state index is 0.0299. The Kier molecular flexibility index (Phi) is 2.36. The fraction of sp³-hybridized carbons (Fsp3) is 0.125. The van der Waals surface area contributed by atoms with Crippen LogP contribution in [0.4, 0.5) is 0 Å². The maximum absolute atomic E-state index is 5.82. The molecule has 0 spiro atoms. The first-order chi connectivity index (χ1) is 9.81. The SMILES string of the molecule is CC(c1cn2ccccc2n1)c1nc2ccccc2o1. The van der Waals surface area contributed by atoms with Gasteiger partial charge in [-0.25, -0.2) is 9.97 Å². The predicted octanol–water partition coefficient (Wildman–Crippen LogP) is 3.63. The van der Waals surface area contributed by atoms with Crippen LogP contribution in [0.3, 0.4) is 0 Å². The second-order valence-corrected chi connectivity index (χ2v) is 4.87. The van der Waals surface area contributed by atoms with Crippen molar-refractivity contribution < 1.29 is 4.42 Å². The van der Waals surface area contributed by atoms with E-state index in [1.807, 2.05) is 59.3 Å². The van der Waals surface area contributed by atoms with Crippen LogP contribution in [0, 0.1) is 0 Å². The van der Waals surface area contributed by atoms with Crippen molar-refractivity contribution in [3.8, 4) is 0 Å². The molecule has 1 aromatic carbocycles. The zero-order chi connectivity index (χ0) is 13.5. The molecule has 0 radical (unpaired) electrons. The maximum Gasteiger partial charge on any atom is 0.204 e. The zero-order valence-corrected chi connectivity index (χ0v) is 11.0. The predicted molar refractivity (Wildman–Crippen MR) is 76.7 cm³/mol. The van der Waals surface area contributed by atoms with E-state index in [4.69, 9.17) is 4.42 Å². The van der Waals surface area contributed by atoms with Crippen molar-refractivity contribution in [2.75, 3.05) is 0 Å². The number of nitrogens with zero attached hydrogens (tertiary/aromatic N) is 3. The molecule has 20 heavy (non-hydrogen) atoms. The molecule has 0 bridgehead atoms. The molecule has 1 atom stereocenters. The summed E-state index contributed by atoms with van der Waals surface area (Å²) in [6, 6.07) is 13.8. The van der Waals surface area contributed by atoms with Crippen molar-refractivity contribution in [3.63, 3.8) is 0 Å². The van der Waals surface area contributed by atoms with Gasteiger partial charge in [-0.3, -0.25) is 0 Å². The molecular formula is C16H13N3O. The normalized spacial score (nSPS) is 13.1. The van der Waals surface area contributed by atoms with Crippen molar-refractivity contribution in [2.45, 2.75) is 12.8 Å². The van der Waals surface area contributed by atoms with Crippen LogP contribution < -0.4 is 0 Å². The molecule has 0 aliphatic carbocycles. The van der Waals surface area contributed by atoms with Crippen molar-refractivity contribution in [1.82, 2.24) is 14.4 Å². The summed E-state index contributed by atoms with van der Waals surface area (Å²) in [5.41, 5.74) is 3.60. The molecule has 4 heteroatoms. The third kappa shape index (κ3) is 1.69. The summed E-state index contributed by atoms with van der Waals surface area (Å²) >= 11 is 0. The quantitative estimate of drug-likeness (QED) is 0.554. The lowest BCUT2D eigenvalue weighted by Gasteiger charge is -2.01. The number of rotatable bonds is 2. The molecule has 3 heterocycles. The lowest BCUT2D eigenvalue weighted by Crippen LogP contribution is -1.96. The molecule has 0 amide bonds. The fourth-order valence-electron chi connectivity index (χ4n) is 2.36. The molecule has 0 fully saturated rings. The number of oxazole rings is 1. The van der Waals surface area contributed by atoms with Crippen molar-refractivity contribution in [1.29, 1.82) is 0 Å². The minimum absolute atomic E-state index is 0.0299. The van der Waals surface area contributed by atoms with Crippen LogP contribution in [0.2, 0.25) is 0 Å². The van der Waals surface area contributed by atoms with Crippen molar-refractivity contribution >= 4 is 16.7 Å². The average Bonchev–Trinajstić information content (AvgIpc) is 3.10. The summed E-state index contributed by atoms with van der Waals surface area (Å²) < 4.78 is 7.83. The summed E-state index contributed by atoms with van der Waals surface area (Å²) in [6.07, 6.45) is 4.01. The van der Waals surface area contributed by atoms with E-state index in [2.05, 4.69) is 16.9 Å². The standard InChI is InChI=1S/C16H13N3O/c1-11(13-10-19-9-5-4-8-15(19)17-13)16-18-12-6-2-3-7-14(12)20-16/h2-11H,1H3. The Balaban J connectivity index is 1.80. The lowest BCUT2D eigenvalue weighted by molar-refractivity contribution is 0.509. The van der Waals surface area contributed by atoms with Gasteiger partial charge in [0.2, 0.25) is 5.89 Å². The fourth-order valence-corrected chi connectivity index (χ4v) is 2.36. The first kappa shape index (κ1) is 11.2. The number of aromatic nitrogens is 3. The second-order valence-electron chi connectivity index (χ2n) is 4.87. The molecule has 0 saturated carbocycles. The Morgan fingerprint density at radius 2 is 1.90 bits per heavy atom. The van der Waals surface area contributed by atoms with Gasteiger partial charge in [-0.05, 0) is 31.2 Å². The molecule has 0 aliphatic heterocycles. The number of imidazole rings is 1. The van der Waals surface area contributed by atoms with E-state index >= 15 is 0 Å². The van der Waals surface area contributed by atoms with Gasteiger partial charge in [-0.1, -0.05) is 18.2 Å². The van der Waals surface area contributed by atoms with E-state index in [1.54, 1.807) is 0 Å². The highest BCUT2D eigenvalue weighted by atomic mass is 16.3. The molecule has 3 aromatic heterocycles. The third-order valence-electron chi connectivity index (χ3n) is 3.51. The summed E-state index contributed by atoms with van der Waals surface area (Å²) in [6.45, 7) is 2.06. The number of pyridine rings is 1. The topological polar surface area (TPSA) is 43.3 Å². The van der Waals surface area contributed by atoms with Crippen LogP contribution in [0.5, 0.6) is 0 Å². The lowest BCUT2D eigenvalue weighted by atomic mass is 10.1. The molecule has 0 N–H and O–H groups in total. The Hall–Kier alpha value is -2.62. The van der Waals surface area contributed by atoms with Crippen LogP contribution in [-0.4, -0.2) is 14.4 Å². The van der Waals surface area contributed by atoms with Gasteiger partial charge in [0.15, 0.2) is 5.58 Å². The molecule has 4 rings (SSSR count). The molecule has 1 unspecified atom stereocenters. The number of fused-ring (bicyclic) bond motifs is 2. The molecule has 0 aliphatic rings. The molecular weight excluding hydrogens is 250 g/mol. The van der Waals surface area contributed by atoms with E-state index in [0.29, 0.717) is 5.89 Å². The third-order valence-corrected chi connectivity index (χ3v) is 3.51. The van der Waals surface area contributed by atoms with Crippen LogP contribution in [0.1, 0.15) is 24.4 Å². The number of hydrogen-bond donors (Lipinski definition) is 0. The van der Waals surface area contributed by atoms with E-state index in [9.17, 15) is 0 Å².